The molecule has 0 unspecified atom stereocenters. The van der Waals surface area contributed by atoms with Crippen LogP contribution in [0.2, 0.25) is 5.02 Å². The van der Waals surface area contributed by atoms with Crippen LogP contribution in [0.1, 0.15) is 51.5 Å². The molecule has 7 nitrogen and oxygen atoms in total. The SMILES string of the molecule is CCCCNC(=O)[C@H](C)N(Cc1cccc(Cl)c1)C(=O)CCN1C(=O)[C@H]2CC=CC[C@H]2C1=O. The number of rotatable bonds is 10. The van der Waals surface area contributed by atoms with E-state index in [-0.39, 0.29) is 55.0 Å². The molecule has 33 heavy (non-hydrogen) atoms. The van der Waals surface area contributed by atoms with E-state index in [1.165, 1.54) is 9.80 Å². The van der Waals surface area contributed by atoms with E-state index in [2.05, 4.69) is 5.32 Å². The van der Waals surface area contributed by atoms with Crippen molar-refractivity contribution < 1.29 is 19.2 Å². The van der Waals surface area contributed by atoms with Crippen molar-refractivity contribution in [3.05, 3.63) is 47.0 Å². The fraction of sp³-hybridized carbons (Fsp3) is 0.520. The second-order valence-corrected chi connectivity index (χ2v) is 9.14. The van der Waals surface area contributed by atoms with Crippen LogP contribution in [0.25, 0.3) is 0 Å². The minimum atomic E-state index is -0.704. The average molecular weight is 474 g/mol. The second-order valence-electron chi connectivity index (χ2n) is 8.71. The van der Waals surface area contributed by atoms with Gasteiger partial charge in [0.25, 0.3) is 0 Å². The summed E-state index contributed by atoms with van der Waals surface area (Å²) in [6, 6.07) is 6.44. The Balaban J connectivity index is 1.69. The van der Waals surface area contributed by atoms with Gasteiger partial charge in [0.05, 0.1) is 11.8 Å². The summed E-state index contributed by atoms with van der Waals surface area (Å²) in [4.78, 5) is 54.1. The second kappa shape index (κ2) is 11.5. The number of allylic oxidation sites excluding steroid dienone is 2. The summed E-state index contributed by atoms with van der Waals surface area (Å²) >= 11 is 6.10. The molecule has 4 amide bonds. The zero-order chi connectivity index (χ0) is 24.0. The Bertz CT molecular complexity index is 906. The van der Waals surface area contributed by atoms with E-state index in [9.17, 15) is 19.2 Å². The standard InChI is InChI=1S/C25H32ClN3O4/c1-3-4-13-27-23(31)17(2)29(16-18-8-7-9-19(26)15-18)22(30)12-14-28-24(32)20-10-5-6-11-21(20)25(28)33/h5-9,15,17,20-21H,3-4,10-14,16H2,1-2H3,(H,27,31)/t17-,20-,21+/m0/s1. The van der Waals surface area contributed by atoms with Crippen molar-refractivity contribution in [1.82, 2.24) is 15.1 Å². The Morgan fingerprint density at radius 2 is 1.85 bits per heavy atom. The lowest BCUT2D eigenvalue weighted by atomic mass is 9.85. The first-order valence-corrected chi connectivity index (χ1v) is 12.0. The van der Waals surface area contributed by atoms with Crippen LogP contribution in [0.5, 0.6) is 0 Å². The molecule has 2 aliphatic rings. The number of halogens is 1. The molecule has 0 radical (unpaired) electrons. The molecule has 1 fully saturated rings. The van der Waals surface area contributed by atoms with Gasteiger partial charge in [-0.15, -0.1) is 0 Å². The Labute approximate surface area is 200 Å². The predicted octanol–water partition coefficient (Wildman–Crippen LogP) is 3.31. The molecule has 3 rings (SSSR count). The summed E-state index contributed by atoms with van der Waals surface area (Å²) in [5.74, 6) is -1.55. The molecule has 1 saturated heterocycles. The van der Waals surface area contributed by atoms with Crippen LogP contribution in [-0.2, 0) is 25.7 Å². The highest BCUT2D eigenvalue weighted by Crippen LogP contribution is 2.35. The maximum Gasteiger partial charge on any atom is 0.242 e. The van der Waals surface area contributed by atoms with Gasteiger partial charge in [0.1, 0.15) is 6.04 Å². The molecular formula is C25H32ClN3O4. The minimum absolute atomic E-state index is 0.0275. The van der Waals surface area contributed by atoms with Gasteiger partial charge in [-0.05, 0) is 43.9 Å². The molecule has 0 saturated carbocycles. The van der Waals surface area contributed by atoms with Crippen molar-refractivity contribution in [2.75, 3.05) is 13.1 Å². The van der Waals surface area contributed by atoms with Crippen LogP contribution >= 0.6 is 11.6 Å². The molecule has 0 bridgehead atoms. The third kappa shape index (κ3) is 6.02. The molecule has 3 atom stereocenters. The summed E-state index contributed by atoms with van der Waals surface area (Å²) < 4.78 is 0. The Kier molecular flexibility index (Phi) is 8.67. The van der Waals surface area contributed by atoms with Gasteiger partial charge in [0, 0.05) is 31.1 Å². The third-order valence-electron chi connectivity index (χ3n) is 6.39. The monoisotopic (exact) mass is 473 g/mol. The lowest BCUT2D eigenvalue weighted by molar-refractivity contribution is -0.143. The van der Waals surface area contributed by atoms with Crippen LogP contribution in [0.15, 0.2) is 36.4 Å². The number of nitrogens with zero attached hydrogens (tertiary/aromatic N) is 2. The van der Waals surface area contributed by atoms with Crippen molar-refractivity contribution >= 4 is 35.2 Å². The zero-order valence-electron chi connectivity index (χ0n) is 19.3. The Morgan fingerprint density at radius 3 is 2.45 bits per heavy atom. The molecule has 0 spiro atoms. The number of hydrogen-bond acceptors (Lipinski definition) is 4. The van der Waals surface area contributed by atoms with Gasteiger partial charge in [-0.1, -0.05) is 49.2 Å². The van der Waals surface area contributed by atoms with Crippen LogP contribution in [-0.4, -0.2) is 52.6 Å². The number of hydrogen-bond donors (Lipinski definition) is 1. The summed E-state index contributed by atoms with van der Waals surface area (Å²) in [6.45, 7) is 4.51. The Morgan fingerprint density at radius 1 is 1.18 bits per heavy atom. The molecule has 1 aliphatic heterocycles. The topological polar surface area (TPSA) is 86.8 Å². The number of nitrogens with one attached hydrogen (secondary N) is 1. The average Bonchev–Trinajstić information content (AvgIpc) is 3.05. The quantitative estimate of drug-likeness (QED) is 0.321. The van der Waals surface area contributed by atoms with Gasteiger partial charge in [-0.2, -0.15) is 0 Å². The summed E-state index contributed by atoms with van der Waals surface area (Å²) in [6.07, 6.45) is 6.79. The van der Waals surface area contributed by atoms with E-state index in [4.69, 9.17) is 11.6 Å². The van der Waals surface area contributed by atoms with Crippen LogP contribution in [0.4, 0.5) is 0 Å². The maximum atomic E-state index is 13.2. The molecule has 0 aromatic heterocycles. The van der Waals surface area contributed by atoms with Crippen molar-refractivity contribution in [3.8, 4) is 0 Å². The van der Waals surface area contributed by atoms with Crippen molar-refractivity contribution in [3.63, 3.8) is 0 Å². The van der Waals surface area contributed by atoms with Crippen molar-refractivity contribution in [2.24, 2.45) is 11.8 Å². The highest BCUT2D eigenvalue weighted by molar-refractivity contribution is 6.30. The van der Waals surface area contributed by atoms with Gasteiger partial charge < -0.3 is 10.2 Å². The lowest BCUT2D eigenvalue weighted by Gasteiger charge is -2.29. The van der Waals surface area contributed by atoms with E-state index < -0.39 is 6.04 Å². The maximum absolute atomic E-state index is 13.2. The van der Waals surface area contributed by atoms with Crippen LogP contribution in [0, 0.1) is 11.8 Å². The molecule has 8 heteroatoms. The minimum Gasteiger partial charge on any atom is -0.354 e. The van der Waals surface area contributed by atoms with Gasteiger partial charge in [0.2, 0.25) is 23.6 Å². The third-order valence-corrected chi connectivity index (χ3v) is 6.62. The van der Waals surface area contributed by atoms with Crippen molar-refractivity contribution in [2.45, 2.75) is 58.5 Å². The number of imide groups is 1. The zero-order valence-corrected chi connectivity index (χ0v) is 20.0. The molecular weight excluding hydrogens is 442 g/mol. The van der Waals surface area contributed by atoms with E-state index in [1.807, 2.05) is 25.1 Å². The number of likely N-dealkylation sites (tertiary alicyclic amines) is 1. The highest BCUT2D eigenvalue weighted by atomic mass is 35.5. The largest absolute Gasteiger partial charge is 0.354 e. The summed E-state index contributed by atoms with van der Waals surface area (Å²) in [7, 11) is 0. The van der Waals surface area contributed by atoms with E-state index in [0.29, 0.717) is 24.4 Å². The van der Waals surface area contributed by atoms with E-state index in [1.54, 1.807) is 25.1 Å². The fourth-order valence-corrected chi connectivity index (χ4v) is 4.60. The first kappa shape index (κ1) is 25.0. The summed E-state index contributed by atoms with van der Waals surface area (Å²) in [5, 5.41) is 3.42. The van der Waals surface area contributed by atoms with Gasteiger partial charge in [-0.3, -0.25) is 24.1 Å². The number of unbranched alkanes of at least 4 members (excludes halogenated alkanes) is 1. The first-order chi connectivity index (χ1) is 15.8. The van der Waals surface area contributed by atoms with Crippen LogP contribution in [0.3, 0.4) is 0 Å². The number of amides is 4. The van der Waals surface area contributed by atoms with Gasteiger partial charge in [-0.25, -0.2) is 0 Å². The lowest BCUT2D eigenvalue weighted by Crippen LogP contribution is -2.48. The number of fused-ring (bicyclic) bond motifs is 1. The molecule has 1 heterocycles. The number of benzene rings is 1. The summed E-state index contributed by atoms with van der Waals surface area (Å²) in [5.41, 5.74) is 0.800. The fourth-order valence-electron chi connectivity index (χ4n) is 4.39. The van der Waals surface area contributed by atoms with Gasteiger partial charge >= 0.3 is 0 Å². The number of carbonyl (C=O) groups is 4. The normalized spacial score (nSPS) is 20.5. The van der Waals surface area contributed by atoms with E-state index in [0.717, 1.165) is 18.4 Å². The first-order valence-electron chi connectivity index (χ1n) is 11.6. The van der Waals surface area contributed by atoms with Crippen molar-refractivity contribution in [1.29, 1.82) is 0 Å². The van der Waals surface area contributed by atoms with Gasteiger partial charge in [0.15, 0.2) is 0 Å². The molecule has 1 aromatic rings. The van der Waals surface area contributed by atoms with E-state index >= 15 is 0 Å². The van der Waals surface area contributed by atoms with Crippen LogP contribution < -0.4 is 5.32 Å². The molecule has 178 valence electrons. The molecule has 1 N–H and O–H groups in total. The Hall–Kier alpha value is -2.67. The predicted molar refractivity (Wildman–Crippen MR) is 126 cm³/mol. The highest BCUT2D eigenvalue weighted by Gasteiger charge is 2.47. The number of carbonyl (C=O) groups excluding carboxylic acids is 4. The smallest absolute Gasteiger partial charge is 0.242 e. The molecule has 1 aromatic carbocycles. The molecule has 1 aliphatic carbocycles.